The van der Waals surface area contributed by atoms with E-state index in [1.165, 1.54) is 4.90 Å². The molecular formula is C13H23FN2O2. The number of nitrogens with one attached hydrogen (secondary N) is 1. The maximum atomic E-state index is 14.1. The van der Waals surface area contributed by atoms with Crippen LogP contribution >= 0.6 is 0 Å². The van der Waals surface area contributed by atoms with Crippen molar-refractivity contribution < 1.29 is 13.9 Å². The van der Waals surface area contributed by atoms with Crippen LogP contribution in [-0.2, 0) is 4.74 Å². The minimum atomic E-state index is -0.989. The summed E-state index contributed by atoms with van der Waals surface area (Å²) in [6.07, 6.45) is 0.652. The van der Waals surface area contributed by atoms with Gasteiger partial charge in [-0.25, -0.2) is 9.18 Å². The summed E-state index contributed by atoms with van der Waals surface area (Å²) < 4.78 is 19.4. The predicted octanol–water partition coefficient (Wildman–Crippen LogP) is 1.94. The third-order valence-corrected chi connectivity index (χ3v) is 3.53. The van der Waals surface area contributed by atoms with Gasteiger partial charge in [-0.2, -0.15) is 0 Å². The highest BCUT2D eigenvalue weighted by Gasteiger charge is 2.40. The van der Waals surface area contributed by atoms with E-state index >= 15 is 0 Å². The second kappa shape index (κ2) is 5.03. The van der Waals surface area contributed by atoms with Crippen molar-refractivity contribution in [3.05, 3.63) is 0 Å². The minimum absolute atomic E-state index is 0.0857. The Balaban J connectivity index is 1.97. The lowest BCUT2D eigenvalue weighted by atomic mass is 9.84. The molecule has 2 rings (SSSR count). The van der Waals surface area contributed by atoms with Crippen LogP contribution in [0.1, 0.15) is 33.6 Å². The van der Waals surface area contributed by atoms with Crippen molar-refractivity contribution in [3.8, 4) is 0 Å². The Morgan fingerprint density at radius 2 is 2.11 bits per heavy atom. The highest BCUT2D eigenvalue weighted by Crippen LogP contribution is 2.27. The molecule has 0 saturated carbocycles. The Morgan fingerprint density at radius 3 is 2.78 bits per heavy atom. The Hall–Kier alpha value is -0.840. The van der Waals surface area contributed by atoms with Crippen LogP contribution in [0.5, 0.6) is 0 Å². The average Bonchev–Trinajstić information content (AvgIpc) is 2.26. The van der Waals surface area contributed by atoms with Crippen LogP contribution in [0.4, 0.5) is 9.18 Å². The van der Waals surface area contributed by atoms with Crippen LogP contribution < -0.4 is 5.32 Å². The van der Waals surface area contributed by atoms with Gasteiger partial charge >= 0.3 is 6.09 Å². The lowest BCUT2D eigenvalue weighted by molar-refractivity contribution is -0.00696. The monoisotopic (exact) mass is 258 g/mol. The van der Waals surface area contributed by atoms with E-state index in [1.54, 1.807) is 0 Å². The van der Waals surface area contributed by atoms with E-state index in [2.05, 4.69) is 5.32 Å². The van der Waals surface area contributed by atoms with Crippen LogP contribution in [-0.4, -0.2) is 48.4 Å². The number of fused-ring (bicyclic) bond motifs is 1. The molecule has 4 nitrogen and oxygen atoms in total. The molecule has 2 fully saturated rings. The van der Waals surface area contributed by atoms with Crippen LogP contribution in [0.3, 0.4) is 0 Å². The molecule has 3 atom stereocenters. The minimum Gasteiger partial charge on any atom is -0.444 e. The van der Waals surface area contributed by atoms with Crippen LogP contribution in [0.2, 0.25) is 0 Å². The molecule has 104 valence electrons. The number of likely N-dealkylation sites (tertiary alicyclic amines) is 1. The van der Waals surface area contributed by atoms with E-state index < -0.39 is 17.9 Å². The summed E-state index contributed by atoms with van der Waals surface area (Å²) in [5, 5.41) is 3.22. The smallest absolute Gasteiger partial charge is 0.410 e. The zero-order valence-corrected chi connectivity index (χ0v) is 11.4. The molecule has 1 N–H and O–H groups in total. The maximum absolute atomic E-state index is 14.1. The third-order valence-electron chi connectivity index (χ3n) is 3.53. The number of nitrogens with zero attached hydrogens (tertiary/aromatic N) is 1. The van der Waals surface area contributed by atoms with Crippen molar-refractivity contribution in [1.82, 2.24) is 10.2 Å². The highest BCUT2D eigenvalue weighted by molar-refractivity contribution is 5.68. The van der Waals surface area contributed by atoms with Gasteiger partial charge in [-0.15, -0.1) is 0 Å². The van der Waals surface area contributed by atoms with Crippen molar-refractivity contribution in [1.29, 1.82) is 0 Å². The zero-order valence-electron chi connectivity index (χ0n) is 11.4. The van der Waals surface area contributed by atoms with Gasteiger partial charge in [-0.05, 0) is 46.1 Å². The van der Waals surface area contributed by atoms with Gasteiger partial charge in [-0.1, -0.05) is 0 Å². The van der Waals surface area contributed by atoms with Gasteiger partial charge < -0.3 is 15.0 Å². The number of amides is 1. The number of halogens is 1. The van der Waals surface area contributed by atoms with E-state index in [-0.39, 0.29) is 18.5 Å². The van der Waals surface area contributed by atoms with Crippen molar-refractivity contribution in [3.63, 3.8) is 0 Å². The topological polar surface area (TPSA) is 41.6 Å². The first-order chi connectivity index (χ1) is 8.37. The summed E-state index contributed by atoms with van der Waals surface area (Å²) in [4.78, 5) is 13.5. The molecule has 0 bridgehead atoms. The third kappa shape index (κ3) is 3.13. The molecule has 1 amide bonds. The van der Waals surface area contributed by atoms with Crippen molar-refractivity contribution in [2.24, 2.45) is 5.92 Å². The van der Waals surface area contributed by atoms with Gasteiger partial charge in [0, 0.05) is 12.6 Å². The highest BCUT2D eigenvalue weighted by atomic mass is 19.1. The molecule has 2 aliphatic rings. The number of carbonyl (C=O) groups is 1. The summed E-state index contributed by atoms with van der Waals surface area (Å²) in [5.41, 5.74) is -0.523. The quantitative estimate of drug-likeness (QED) is 0.722. The largest absolute Gasteiger partial charge is 0.444 e. The number of alkyl halides is 1. The predicted molar refractivity (Wildman–Crippen MR) is 67.2 cm³/mol. The number of rotatable bonds is 0. The number of carbonyl (C=O) groups excluding carboxylic acids is 1. The van der Waals surface area contributed by atoms with E-state index in [1.807, 2.05) is 20.8 Å². The van der Waals surface area contributed by atoms with Gasteiger partial charge in [0.15, 0.2) is 0 Å². The number of ether oxygens (including phenoxy) is 1. The van der Waals surface area contributed by atoms with Crippen LogP contribution in [0, 0.1) is 5.92 Å². The fraction of sp³-hybridized carbons (Fsp3) is 0.923. The van der Waals surface area contributed by atoms with E-state index in [0.29, 0.717) is 6.54 Å². The first-order valence-corrected chi connectivity index (χ1v) is 6.72. The zero-order chi connectivity index (χ0) is 13.3. The fourth-order valence-electron chi connectivity index (χ4n) is 2.76. The van der Waals surface area contributed by atoms with Gasteiger partial charge in [0.1, 0.15) is 11.8 Å². The number of hydrogen-bond acceptors (Lipinski definition) is 3. The summed E-state index contributed by atoms with van der Waals surface area (Å²) in [5.74, 6) is 0.218. The normalized spacial score (nSPS) is 32.9. The molecular weight excluding hydrogens is 235 g/mol. The molecule has 18 heavy (non-hydrogen) atoms. The molecule has 2 aliphatic heterocycles. The number of hydrogen-bond donors (Lipinski definition) is 1. The van der Waals surface area contributed by atoms with E-state index in [4.69, 9.17) is 4.74 Å². The summed E-state index contributed by atoms with van der Waals surface area (Å²) in [6.45, 7) is 7.11. The van der Waals surface area contributed by atoms with Gasteiger partial charge in [0.25, 0.3) is 0 Å². The van der Waals surface area contributed by atoms with Crippen LogP contribution in [0.25, 0.3) is 0 Å². The SMILES string of the molecule is CC(C)(C)OC(=O)N1CC(F)C2NCCCC2C1. The lowest BCUT2D eigenvalue weighted by Crippen LogP contribution is -2.60. The van der Waals surface area contributed by atoms with Crippen molar-refractivity contribution in [2.45, 2.75) is 51.4 Å². The molecule has 0 aliphatic carbocycles. The molecule has 0 aromatic heterocycles. The Kier molecular flexibility index (Phi) is 3.80. The molecule has 2 saturated heterocycles. The molecule has 0 aromatic carbocycles. The molecule has 3 unspecified atom stereocenters. The second-order valence-electron chi connectivity index (χ2n) is 6.28. The molecule has 0 spiro atoms. The molecule has 2 heterocycles. The standard InChI is InChI=1S/C13H23FN2O2/c1-13(2,3)18-12(17)16-7-9-5-4-6-15-11(9)10(14)8-16/h9-11,15H,4-8H2,1-3H3. The van der Waals surface area contributed by atoms with E-state index in [9.17, 15) is 9.18 Å². The summed E-state index contributed by atoms with van der Waals surface area (Å²) >= 11 is 0. The van der Waals surface area contributed by atoms with Gasteiger partial charge in [-0.3, -0.25) is 0 Å². The van der Waals surface area contributed by atoms with E-state index in [0.717, 1.165) is 19.4 Å². The average molecular weight is 258 g/mol. The Morgan fingerprint density at radius 1 is 1.39 bits per heavy atom. The van der Waals surface area contributed by atoms with Crippen LogP contribution in [0.15, 0.2) is 0 Å². The summed E-state index contributed by atoms with van der Waals surface area (Å²) in [7, 11) is 0. The molecule has 0 aromatic rings. The molecule has 0 radical (unpaired) electrons. The maximum Gasteiger partial charge on any atom is 0.410 e. The Bertz CT molecular complexity index is 317. The number of piperidine rings is 2. The van der Waals surface area contributed by atoms with Crippen molar-refractivity contribution >= 4 is 6.09 Å². The summed E-state index contributed by atoms with van der Waals surface area (Å²) in [6, 6.07) is -0.0857. The van der Waals surface area contributed by atoms with Gasteiger partial charge in [0.2, 0.25) is 0 Å². The fourth-order valence-corrected chi connectivity index (χ4v) is 2.76. The van der Waals surface area contributed by atoms with Gasteiger partial charge in [0.05, 0.1) is 6.54 Å². The first kappa shape index (κ1) is 13.6. The second-order valence-corrected chi connectivity index (χ2v) is 6.28. The first-order valence-electron chi connectivity index (χ1n) is 6.72. The lowest BCUT2D eigenvalue weighted by Gasteiger charge is -2.43. The molecule has 5 heteroatoms. The van der Waals surface area contributed by atoms with Crippen molar-refractivity contribution in [2.75, 3.05) is 19.6 Å². The Labute approximate surface area is 108 Å².